The summed E-state index contributed by atoms with van der Waals surface area (Å²) in [6.07, 6.45) is 9.96. The molecule has 108 valence electrons. The first-order valence-corrected chi connectivity index (χ1v) is 7.50. The highest BCUT2D eigenvalue weighted by Gasteiger charge is 2.19. The molecule has 1 aliphatic carbocycles. The van der Waals surface area contributed by atoms with Gasteiger partial charge in [-0.2, -0.15) is 5.10 Å². The lowest BCUT2D eigenvalue weighted by Crippen LogP contribution is -2.13. The van der Waals surface area contributed by atoms with Gasteiger partial charge in [-0.25, -0.2) is 0 Å². The van der Waals surface area contributed by atoms with Crippen LogP contribution in [-0.4, -0.2) is 14.9 Å². The molecule has 1 fully saturated rings. The van der Waals surface area contributed by atoms with Crippen molar-refractivity contribution >= 4 is 0 Å². The third-order valence-electron chi connectivity index (χ3n) is 4.22. The smallest absolute Gasteiger partial charge is 0.135 e. The molecule has 1 N–H and O–H groups in total. The van der Waals surface area contributed by atoms with Gasteiger partial charge in [0, 0.05) is 12.6 Å². The van der Waals surface area contributed by atoms with Crippen LogP contribution in [0.15, 0.2) is 29.0 Å². The summed E-state index contributed by atoms with van der Waals surface area (Å²) in [7, 11) is 0. The Morgan fingerprint density at radius 1 is 1.35 bits per heavy atom. The zero-order chi connectivity index (χ0) is 13.9. The van der Waals surface area contributed by atoms with E-state index in [-0.39, 0.29) is 0 Å². The maximum Gasteiger partial charge on any atom is 0.135 e. The van der Waals surface area contributed by atoms with Crippen LogP contribution in [0.5, 0.6) is 0 Å². The fourth-order valence-corrected chi connectivity index (χ4v) is 3.05. The van der Waals surface area contributed by atoms with Crippen molar-refractivity contribution in [2.75, 3.05) is 0 Å². The first-order valence-electron chi connectivity index (χ1n) is 7.50. The van der Waals surface area contributed by atoms with Crippen LogP contribution in [0.1, 0.15) is 61.3 Å². The van der Waals surface area contributed by atoms with Crippen molar-refractivity contribution in [2.24, 2.45) is 0 Å². The summed E-state index contributed by atoms with van der Waals surface area (Å²) in [5.74, 6) is 0.650. The standard InChI is InChI=1S/C16H22N2O2/c1-12-8-10-20-16(12)15(19)11-13-7-9-18(17-13)14-5-3-2-4-6-14/h7-10,14-15,19H,2-6,11H2,1H3. The Kier molecular flexibility index (Phi) is 3.92. The van der Waals surface area contributed by atoms with E-state index in [0.29, 0.717) is 18.2 Å². The average molecular weight is 274 g/mol. The number of hydrogen-bond acceptors (Lipinski definition) is 3. The fraction of sp³-hybridized carbons (Fsp3) is 0.562. The van der Waals surface area contributed by atoms with Crippen LogP contribution in [0.4, 0.5) is 0 Å². The lowest BCUT2D eigenvalue weighted by molar-refractivity contribution is 0.147. The minimum Gasteiger partial charge on any atom is -0.466 e. The number of furan rings is 1. The maximum atomic E-state index is 10.2. The molecule has 4 nitrogen and oxygen atoms in total. The molecule has 2 aromatic heterocycles. The van der Waals surface area contributed by atoms with E-state index in [2.05, 4.69) is 9.78 Å². The second-order valence-corrected chi connectivity index (χ2v) is 5.77. The number of aliphatic hydroxyl groups excluding tert-OH is 1. The molecule has 1 atom stereocenters. The van der Waals surface area contributed by atoms with Crippen LogP contribution in [-0.2, 0) is 6.42 Å². The minimum atomic E-state index is -0.611. The molecule has 0 spiro atoms. The van der Waals surface area contributed by atoms with Crippen LogP contribution in [0, 0.1) is 6.92 Å². The average Bonchev–Trinajstić information content (AvgIpc) is 3.09. The Bertz CT molecular complexity index is 552. The Hall–Kier alpha value is -1.55. The van der Waals surface area contributed by atoms with E-state index in [0.717, 1.165) is 11.3 Å². The largest absolute Gasteiger partial charge is 0.466 e. The van der Waals surface area contributed by atoms with Gasteiger partial charge < -0.3 is 9.52 Å². The molecule has 2 heterocycles. The normalized spacial score (nSPS) is 18.3. The zero-order valence-electron chi connectivity index (χ0n) is 12.0. The number of aliphatic hydroxyl groups is 1. The molecule has 0 aliphatic heterocycles. The first-order chi connectivity index (χ1) is 9.74. The van der Waals surface area contributed by atoms with Crippen molar-refractivity contribution in [3.8, 4) is 0 Å². The topological polar surface area (TPSA) is 51.2 Å². The molecule has 0 saturated heterocycles. The molecule has 20 heavy (non-hydrogen) atoms. The summed E-state index contributed by atoms with van der Waals surface area (Å²) in [5.41, 5.74) is 1.92. The van der Waals surface area contributed by atoms with E-state index in [1.54, 1.807) is 6.26 Å². The zero-order valence-corrected chi connectivity index (χ0v) is 12.0. The molecule has 0 amide bonds. The monoisotopic (exact) mass is 274 g/mol. The molecule has 4 heteroatoms. The maximum absolute atomic E-state index is 10.2. The summed E-state index contributed by atoms with van der Waals surface area (Å²) < 4.78 is 7.42. The van der Waals surface area contributed by atoms with Gasteiger partial charge in [-0.1, -0.05) is 19.3 Å². The molecular formula is C16H22N2O2. The highest BCUT2D eigenvalue weighted by Crippen LogP contribution is 2.28. The van der Waals surface area contributed by atoms with Crippen molar-refractivity contribution < 1.29 is 9.52 Å². The van der Waals surface area contributed by atoms with Crippen molar-refractivity contribution in [1.29, 1.82) is 0 Å². The predicted octanol–water partition coefficient (Wildman–Crippen LogP) is 3.57. The van der Waals surface area contributed by atoms with Crippen LogP contribution in [0.25, 0.3) is 0 Å². The SMILES string of the molecule is Cc1ccoc1C(O)Cc1ccn(C2CCCCC2)n1. The first kappa shape index (κ1) is 13.4. The van der Waals surface area contributed by atoms with Crippen LogP contribution >= 0.6 is 0 Å². The summed E-state index contributed by atoms with van der Waals surface area (Å²) in [4.78, 5) is 0. The molecule has 0 radical (unpaired) electrons. The predicted molar refractivity (Wildman–Crippen MR) is 76.5 cm³/mol. The van der Waals surface area contributed by atoms with Crippen LogP contribution < -0.4 is 0 Å². The molecule has 1 unspecified atom stereocenters. The van der Waals surface area contributed by atoms with Gasteiger partial charge in [-0.15, -0.1) is 0 Å². The van der Waals surface area contributed by atoms with Crippen LogP contribution in [0.3, 0.4) is 0 Å². The van der Waals surface area contributed by atoms with E-state index in [1.165, 1.54) is 32.1 Å². The van der Waals surface area contributed by atoms with Gasteiger partial charge in [0.05, 0.1) is 18.0 Å². The van der Waals surface area contributed by atoms with Crippen molar-refractivity contribution in [3.63, 3.8) is 0 Å². The van der Waals surface area contributed by atoms with Gasteiger partial charge >= 0.3 is 0 Å². The van der Waals surface area contributed by atoms with Crippen molar-refractivity contribution in [2.45, 2.75) is 57.6 Å². The lowest BCUT2D eigenvalue weighted by Gasteiger charge is -2.21. The Morgan fingerprint density at radius 3 is 2.85 bits per heavy atom. The number of hydrogen-bond donors (Lipinski definition) is 1. The summed E-state index contributed by atoms with van der Waals surface area (Å²) in [6.45, 7) is 1.95. The molecule has 0 aromatic carbocycles. The second-order valence-electron chi connectivity index (χ2n) is 5.77. The third kappa shape index (κ3) is 2.80. The fourth-order valence-electron chi connectivity index (χ4n) is 3.05. The van der Waals surface area contributed by atoms with Gasteiger partial charge in [0.25, 0.3) is 0 Å². The van der Waals surface area contributed by atoms with Gasteiger partial charge in [0.1, 0.15) is 11.9 Å². The molecule has 0 bridgehead atoms. The van der Waals surface area contributed by atoms with E-state index in [9.17, 15) is 5.11 Å². The summed E-state index contributed by atoms with van der Waals surface area (Å²) in [5, 5.41) is 14.8. The van der Waals surface area contributed by atoms with Gasteiger partial charge in [-0.05, 0) is 37.5 Å². The number of rotatable bonds is 4. The highest BCUT2D eigenvalue weighted by atomic mass is 16.4. The Balaban J connectivity index is 1.66. The quantitative estimate of drug-likeness (QED) is 0.927. The lowest BCUT2D eigenvalue weighted by atomic mass is 9.96. The minimum absolute atomic E-state index is 0.508. The highest BCUT2D eigenvalue weighted by molar-refractivity contribution is 5.18. The molecule has 1 saturated carbocycles. The molecule has 1 aliphatic rings. The van der Waals surface area contributed by atoms with E-state index in [1.807, 2.05) is 25.3 Å². The number of aromatic nitrogens is 2. The Labute approximate surface area is 119 Å². The second kappa shape index (κ2) is 5.83. The van der Waals surface area contributed by atoms with Crippen molar-refractivity contribution in [3.05, 3.63) is 41.6 Å². The van der Waals surface area contributed by atoms with Gasteiger partial charge in [-0.3, -0.25) is 4.68 Å². The summed E-state index contributed by atoms with van der Waals surface area (Å²) in [6, 6.07) is 4.43. The Morgan fingerprint density at radius 2 is 2.15 bits per heavy atom. The third-order valence-corrected chi connectivity index (χ3v) is 4.22. The molecule has 3 rings (SSSR count). The summed E-state index contributed by atoms with van der Waals surface area (Å²) >= 11 is 0. The van der Waals surface area contributed by atoms with E-state index in [4.69, 9.17) is 4.42 Å². The van der Waals surface area contributed by atoms with E-state index >= 15 is 0 Å². The number of nitrogens with zero attached hydrogens (tertiary/aromatic N) is 2. The van der Waals surface area contributed by atoms with Gasteiger partial charge in [0.15, 0.2) is 0 Å². The van der Waals surface area contributed by atoms with Crippen molar-refractivity contribution in [1.82, 2.24) is 9.78 Å². The molecular weight excluding hydrogens is 252 g/mol. The number of aryl methyl sites for hydroxylation is 1. The van der Waals surface area contributed by atoms with Crippen LogP contribution in [0.2, 0.25) is 0 Å². The van der Waals surface area contributed by atoms with E-state index < -0.39 is 6.10 Å². The molecule has 2 aromatic rings. The van der Waals surface area contributed by atoms with Gasteiger partial charge in [0.2, 0.25) is 0 Å².